The molecule has 0 radical (unpaired) electrons. The van der Waals surface area contributed by atoms with Gasteiger partial charge in [-0.25, -0.2) is 0 Å². The van der Waals surface area contributed by atoms with Crippen molar-refractivity contribution in [3.63, 3.8) is 0 Å². The van der Waals surface area contributed by atoms with E-state index in [4.69, 9.17) is 14.0 Å². The van der Waals surface area contributed by atoms with Gasteiger partial charge in [0.2, 0.25) is 0 Å². The molecule has 2 N–H and O–H groups in total. The first-order valence-corrected chi connectivity index (χ1v) is 11.9. The summed E-state index contributed by atoms with van der Waals surface area (Å²) in [6.45, 7) is 3.00. The summed E-state index contributed by atoms with van der Waals surface area (Å²) >= 11 is 0. The number of carbonyl (C=O) groups is 1. The first kappa shape index (κ1) is 21.5. The highest BCUT2D eigenvalue weighted by molar-refractivity contribution is 5.88. The Morgan fingerprint density at radius 2 is 2.00 bits per heavy atom. The molecule has 1 aromatic carbocycles. The molecule has 2 heterocycles. The molecule has 2 atom stereocenters. The van der Waals surface area contributed by atoms with E-state index in [0.29, 0.717) is 36.3 Å². The zero-order chi connectivity index (χ0) is 22.1. The number of carboxylic acids is 1. The van der Waals surface area contributed by atoms with Crippen LogP contribution in [-0.4, -0.2) is 64.7 Å². The lowest BCUT2D eigenvalue weighted by molar-refractivity contribution is -0.156. The van der Waals surface area contributed by atoms with Gasteiger partial charge in [0.1, 0.15) is 17.2 Å². The molecule has 174 valence electrons. The second kappa shape index (κ2) is 8.90. The summed E-state index contributed by atoms with van der Waals surface area (Å²) in [5.74, 6) is 0.823. The molecule has 1 saturated heterocycles. The van der Waals surface area contributed by atoms with Crippen LogP contribution in [0.4, 0.5) is 0 Å². The summed E-state index contributed by atoms with van der Waals surface area (Å²) in [4.78, 5) is 13.9. The predicted octanol–water partition coefficient (Wildman–Crippen LogP) is 3.47. The highest BCUT2D eigenvalue weighted by Gasteiger charge is 2.45. The second-order valence-corrected chi connectivity index (χ2v) is 9.74. The number of ether oxygens (including phenoxy) is 2. The van der Waals surface area contributed by atoms with Crippen LogP contribution in [0.5, 0.6) is 11.6 Å². The zero-order valence-corrected chi connectivity index (χ0v) is 18.4. The van der Waals surface area contributed by atoms with Crippen molar-refractivity contribution in [2.45, 2.75) is 63.6 Å². The summed E-state index contributed by atoms with van der Waals surface area (Å²) in [6, 6.07) is 5.56. The van der Waals surface area contributed by atoms with Crippen LogP contribution in [0, 0.1) is 11.3 Å². The molecule has 2 saturated carbocycles. The number of piperidine rings is 1. The molecule has 0 amide bonds. The van der Waals surface area contributed by atoms with Crippen molar-refractivity contribution in [2.24, 2.45) is 11.3 Å². The fourth-order valence-corrected chi connectivity index (χ4v) is 5.32. The van der Waals surface area contributed by atoms with Crippen molar-refractivity contribution in [3.8, 4) is 11.6 Å². The quantitative estimate of drug-likeness (QED) is 0.638. The summed E-state index contributed by atoms with van der Waals surface area (Å²) in [5.41, 5.74) is 0.0889. The number of fused-ring (bicyclic) bond motifs is 1. The number of carboxylic acid groups (broad SMARTS) is 1. The van der Waals surface area contributed by atoms with Crippen molar-refractivity contribution in [3.05, 3.63) is 18.2 Å². The van der Waals surface area contributed by atoms with E-state index in [1.54, 1.807) is 0 Å². The number of hydrogen-bond acceptors (Lipinski definition) is 7. The van der Waals surface area contributed by atoms with E-state index in [1.165, 1.54) is 0 Å². The van der Waals surface area contributed by atoms with Gasteiger partial charge in [0, 0.05) is 6.54 Å². The van der Waals surface area contributed by atoms with Gasteiger partial charge in [-0.15, -0.1) is 0 Å². The average molecular weight is 445 g/mol. The first-order valence-electron chi connectivity index (χ1n) is 11.9. The topological polar surface area (TPSA) is 105 Å². The fraction of sp³-hybridized carbons (Fsp3) is 0.667. The average Bonchev–Trinajstić information content (AvgIpc) is 3.36. The summed E-state index contributed by atoms with van der Waals surface area (Å²) in [6.07, 6.45) is 6.47. The van der Waals surface area contributed by atoms with Crippen LogP contribution >= 0.6 is 0 Å². The maximum absolute atomic E-state index is 11.7. The van der Waals surface area contributed by atoms with Crippen LogP contribution in [0.2, 0.25) is 0 Å². The Kier molecular flexibility index (Phi) is 5.99. The summed E-state index contributed by atoms with van der Waals surface area (Å²) in [5, 5.41) is 24.5. The molecule has 32 heavy (non-hydrogen) atoms. The Balaban J connectivity index is 1.18. The van der Waals surface area contributed by atoms with Gasteiger partial charge >= 0.3 is 5.97 Å². The van der Waals surface area contributed by atoms with Crippen LogP contribution in [0.1, 0.15) is 51.4 Å². The molecule has 1 aliphatic heterocycles. The van der Waals surface area contributed by atoms with E-state index < -0.39 is 17.5 Å². The number of aliphatic carboxylic acids is 1. The number of aliphatic hydroxyl groups is 1. The van der Waals surface area contributed by atoms with Crippen molar-refractivity contribution < 1.29 is 29.0 Å². The van der Waals surface area contributed by atoms with Crippen LogP contribution in [0.25, 0.3) is 11.0 Å². The molecule has 2 aromatic rings. The molecular weight excluding hydrogens is 412 g/mol. The number of benzene rings is 1. The third-order valence-electron chi connectivity index (χ3n) is 7.58. The Morgan fingerprint density at radius 3 is 2.66 bits per heavy atom. The van der Waals surface area contributed by atoms with Gasteiger partial charge in [-0.05, 0) is 81.2 Å². The lowest BCUT2D eigenvalue weighted by atomic mass is 9.68. The standard InChI is InChI=1S/C24H32N2O6/c27-17-4-1-5-18(17)31-19-6-2-7-20-21(19)22(25-32-20)30-14-16-8-12-26(13-9-16)15-24(23(28)29)10-3-11-24/h2,6-7,16-18,27H,1,3-5,8-15H2,(H,28,29)/t17-,18-/m1/s1. The highest BCUT2D eigenvalue weighted by atomic mass is 16.5. The number of hydrogen-bond donors (Lipinski definition) is 2. The van der Waals surface area contributed by atoms with Crippen molar-refractivity contribution >= 4 is 16.9 Å². The minimum atomic E-state index is -0.643. The van der Waals surface area contributed by atoms with Gasteiger partial charge in [0.05, 0.1) is 18.1 Å². The highest BCUT2D eigenvalue weighted by Crippen LogP contribution is 2.42. The lowest BCUT2D eigenvalue weighted by Gasteiger charge is -2.43. The predicted molar refractivity (Wildman–Crippen MR) is 117 cm³/mol. The molecule has 3 fully saturated rings. The number of aromatic nitrogens is 1. The van der Waals surface area contributed by atoms with E-state index in [1.807, 2.05) is 18.2 Å². The molecule has 2 aliphatic carbocycles. The van der Waals surface area contributed by atoms with Gasteiger partial charge in [-0.2, -0.15) is 0 Å². The Bertz CT molecular complexity index is 947. The Morgan fingerprint density at radius 1 is 1.19 bits per heavy atom. The molecule has 8 nitrogen and oxygen atoms in total. The molecule has 0 unspecified atom stereocenters. The number of nitrogens with zero attached hydrogens (tertiary/aromatic N) is 2. The molecule has 8 heteroatoms. The largest absolute Gasteiger partial charge is 0.487 e. The Labute approximate surface area is 187 Å². The molecule has 1 aromatic heterocycles. The van der Waals surface area contributed by atoms with E-state index in [0.717, 1.165) is 69.8 Å². The molecule has 0 bridgehead atoms. The third kappa shape index (κ3) is 4.18. The van der Waals surface area contributed by atoms with Crippen molar-refractivity contribution in [2.75, 3.05) is 26.2 Å². The van der Waals surface area contributed by atoms with Crippen LogP contribution in [-0.2, 0) is 4.79 Å². The van der Waals surface area contributed by atoms with Crippen molar-refractivity contribution in [1.29, 1.82) is 0 Å². The number of rotatable bonds is 8. The smallest absolute Gasteiger partial charge is 0.310 e. The molecule has 0 spiro atoms. The van der Waals surface area contributed by atoms with E-state index in [-0.39, 0.29) is 6.10 Å². The van der Waals surface area contributed by atoms with Crippen LogP contribution in [0.3, 0.4) is 0 Å². The molecule has 3 aliphatic rings. The minimum Gasteiger partial charge on any atom is -0.487 e. The van der Waals surface area contributed by atoms with Gasteiger partial charge in [-0.1, -0.05) is 12.5 Å². The van der Waals surface area contributed by atoms with E-state index in [9.17, 15) is 15.0 Å². The van der Waals surface area contributed by atoms with Gasteiger partial charge in [-0.3, -0.25) is 4.79 Å². The minimum absolute atomic E-state index is 0.211. The fourth-order valence-electron chi connectivity index (χ4n) is 5.32. The first-order chi connectivity index (χ1) is 15.5. The number of aliphatic hydroxyl groups excluding tert-OH is 1. The zero-order valence-electron chi connectivity index (χ0n) is 18.4. The summed E-state index contributed by atoms with van der Waals surface area (Å²) < 4.78 is 17.6. The third-order valence-corrected chi connectivity index (χ3v) is 7.58. The Hall–Kier alpha value is -2.32. The normalized spacial score (nSPS) is 26.2. The monoisotopic (exact) mass is 444 g/mol. The maximum Gasteiger partial charge on any atom is 0.310 e. The maximum atomic E-state index is 11.7. The second-order valence-electron chi connectivity index (χ2n) is 9.74. The van der Waals surface area contributed by atoms with Gasteiger partial charge < -0.3 is 29.1 Å². The SMILES string of the molecule is O=C(O)C1(CN2CCC(COc3noc4cccc(O[C@@H]5CCC[C@H]5O)c34)CC2)CCC1. The van der Waals surface area contributed by atoms with E-state index in [2.05, 4.69) is 10.1 Å². The summed E-state index contributed by atoms with van der Waals surface area (Å²) in [7, 11) is 0. The van der Waals surface area contributed by atoms with E-state index >= 15 is 0 Å². The van der Waals surface area contributed by atoms with Gasteiger partial charge in [0.15, 0.2) is 5.58 Å². The van der Waals surface area contributed by atoms with Gasteiger partial charge in [0.25, 0.3) is 5.88 Å². The van der Waals surface area contributed by atoms with Crippen molar-refractivity contribution in [1.82, 2.24) is 10.1 Å². The number of likely N-dealkylation sites (tertiary alicyclic amines) is 1. The molecule has 5 rings (SSSR count). The van der Waals surface area contributed by atoms with Crippen LogP contribution < -0.4 is 9.47 Å². The van der Waals surface area contributed by atoms with Crippen LogP contribution in [0.15, 0.2) is 22.7 Å². The lowest BCUT2D eigenvalue weighted by Crippen LogP contribution is -2.49. The molecular formula is C24H32N2O6.